The summed E-state index contributed by atoms with van der Waals surface area (Å²) in [5.74, 6) is 1.50. The van der Waals surface area contributed by atoms with E-state index in [2.05, 4.69) is 5.92 Å². The number of nitrogens with two attached hydrogens (primary N) is 1. The van der Waals surface area contributed by atoms with E-state index in [0.717, 1.165) is 12.8 Å². The van der Waals surface area contributed by atoms with Crippen LogP contribution in [-0.2, 0) is 0 Å². The Kier molecular flexibility index (Phi) is 2.20. The zero-order chi connectivity index (χ0) is 11.0. The number of primary amides is 1. The van der Waals surface area contributed by atoms with E-state index < -0.39 is 11.7 Å². The molecule has 1 aromatic rings. The average molecular weight is 203 g/mol. The first-order chi connectivity index (χ1) is 7.15. The van der Waals surface area contributed by atoms with Gasteiger partial charge in [-0.25, -0.2) is 4.39 Å². The van der Waals surface area contributed by atoms with Gasteiger partial charge in [0.1, 0.15) is 5.82 Å². The minimum absolute atomic E-state index is 0.189. The van der Waals surface area contributed by atoms with Crippen molar-refractivity contribution in [3.05, 3.63) is 34.6 Å². The Morgan fingerprint density at radius 2 is 2.20 bits per heavy atom. The number of terminal acetylenes is 1. The normalized spacial score (nSPS) is 14.7. The van der Waals surface area contributed by atoms with Crippen molar-refractivity contribution >= 4 is 5.91 Å². The van der Waals surface area contributed by atoms with Crippen LogP contribution in [-0.4, -0.2) is 5.91 Å². The molecule has 1 fully saturated rings. The van der Waals surface area contributed by atoms with Crippen LogP contribution in [0, 0.1) is 18.2 Å². The van der Waals surface area contributed by atoms with Gasteiger partial charge in [-0.15, -0.1) is 6.42 Å². The van der Waals surface area contributed by atoms with E-state index in [1.165, 1.54) is 12.1 Å². The van der Waals surface area contributed by atoms with Crippen LogP contribution in [0.1, 0.15) is 40.2 Å². The molecule has 1 aromatic carbocycles. The highest BCUT2D eigenvalue weighted by atomic mass is 19.1. The summed E-state index contributed by atoms with van der Waals surface area (Å²) in [5, 5.41) is 0. The van der Waals surface area contributed by atoms with Crippen molar-refractivity contribution in [3.63, 3.8) is 0 Å². The number of hydrogen-bond acceptors (Lipinski definition) is 1. The van der Waals surface area contributed by atoms with Crippen molar-refractivity contribution in [1.29, 1.82) is 0 Å². The summed E-state index contributed by atoms with van der Waals surface area (Å²) in [6, 6.07) is 2.60. The summed E-state index contributed by atoms with van der Waals surface area (Å²) < 4.78 is 13.4. The monoisotopic (exact) mass is 203 g/mol. The van der Waals surface area contributed by atoms with E-state index in [1.54, 1.807) is 0 Å². The molecule has 1 aliphatic carbocycles. The zero-order valence-electron chi connectivity index (χ0n) is 8.09. The standard InChI is InChI=1S/C12H10FNO/c1-2-8-10(13)6-5-9(12(14)15)11(8)7-3-4-7/h1,5-7H,3-4H2,(H2,14,15). The van der Waals surface area contributed by atoms with Crippen LogP contribution in [0.3, 0.4) is 0 Å². The highest BCUT2D eigenvalue weighted by Crippen LogP contribution is 2.43. The summed E-state index contributed by atoms with van der Waals surface area (Å²) in [6.45, 7) is 0. The molecule has 0 radical (unpaired) electrons. The number of amides is 1. The third-order valence-corrected chi connectivity index (χ3v) is 2.59. The number of benzene rings is 1. The van der Waals surface area contributed by atoms with Crippen molar-refractivity contribution in [1.82, 2.24) is 0 Å². The average Bonchev–Trinajstić information content (AvgIpc) is 2.99. The highest BCUT2D eigenvalue weighted by molar-refractivity contribution is 5.95. The number of hydrogen-bond donors (Lipinski definition) is 1. The second-order valence-electron chi connectivity index (χ2n) is 3.67. The molecule has 0 atom stereocenters. The molecule has 0 heterocycles. The Morgan fingerprint density at radius 3 is 2.67 bits per heavy atom. The summed E-state index contributed by atoms with van der Waals surface area (Å²) in [6.07, 6.45) is 7.13. The van der Waals surface area contributed by atoms with E-state index >= 15 is 0 Å². The lowest BCUT2D eigenvalue weighted by Gasteiger charge is -2.08. The Hall–Kier alpha value is -1.82. The van der Waals surface area contributed by atoms with Gasteiger partial charge in [-0.05, 0) is 36.5 Å². The molecule has 2 rings (SSSR count). The first-order valence-corrected chi connectivity index (χ1v) is 4.74. The van der Waals surface area contributed by atoms with Crippen molar-refractivity contribution < 1.29 is 9.18 Å². The first-order valence-electron chi connectivity index (χ1n) is 4.74. The Balaban J connectivity index is 2.67. The minimum atomic E-state index is -0.548. The van der Waals surface area contributed by atoms with Gasteiger partial charge < -0.3 is 5.73 Å². The van der Waals surface area contributed by atoms with Gasteiger partial charge in [0.05, 0.1) is 5.56 Å². The van der Waals surface area contributed by atoms with Crippen LogP contribution in [0.15, 0.2) is 12.1 Å². The molecule has 0 aromatic heterocycles. The fourth-order valence-electron chi connectivity index (χ4n) is 1.75. The lowest BCUT2D eigenvalue weighted by Crippen LogP contribution is -2.15. The SMILES string of the molecule is C#Cc1c(F)ccc(C(N)=O)c1C1CC1. The molecule has 0 unspecified atom stereocenters. The fraction of sp³-hybridized carbons (Fsp3) is 0.250. The van der Waals surface area contributed by atoms with E-state index in [-0.39, 0.29) is 11.5 Å². The van der Waals surface area contributed by atoms with Crippen LogP contribution < -0.4 is 5.73 Å². The van der Waals surface area contributed by atoms with Crippen LogP contribution in [0.4, 0.5) is 4.39 Å². The van der Waals surface area contributed by atoms with E-state index in [9.17, 15) is 9.18 Å². The van der Waals surface area contributed by atoms with Gasteiger partial charge in [-0.1, -0.05) is 5.92 Å². The smallest absolute Gasteiger partial charge is 0.249 e. The number of carbonyl (C=O) groups excluding carboxylic acids is 1. The van der Waals surface area contributed by atoms with Gasteiger partial charge in [0.2, 0.25) is 5.91 Å². The van der Waals surface area contributed by atoms with Gasteiger partial charge in [0.15, 0.2) is 0 Å². The van der Waals surface area contributed by atoms with Gasteiger partial charge in [-0.3, -0.25) is 4.79 Å². The molecule has 2 nitrogen and oxygen atoms in total. The largest absolute Gasteiger partial charge is 0.366 e. The second kappa shape index (κ2) is 3.39. The quantitative estimate of drug-likeness (QED) is 0.731. The number of rotatable bonds is 2. The molecular formula is C12H10FNO. The van der Waals surface area contributed by atoms with Crippen LogP contribution in [0.2, 0.25) is 0 Å². The predicted molar refractivity (Wildman–Crippen MR) is 54.8 cm³/mol. The molecule has 15 heavy (non-hydrogen) atoms. The summed E-state index contributed by atoms with van der Waals surface area (Å²) in [4.78, 5) is 11.2. The third-order valence-electron chi connectivity index (χ3n) is 2.59. The number of halogens is 1. The molecule has 1 saturated carbocycles. The molecule has 1 aliphatic rings. The van der Waals surface area contributed by atoms with E-state index in [0.29, 0.717) is 11.1 Å². The second-order valence-corrected chi connectivity index (χ2v) is 3.67. The molecule has 0 saturated heterocycles. The van der Waals surface area contributed by atoms with Crippen molar-refractivity contribution in [3.8, 4) is 12.3 Å². The topological polar surface area (TPSA) is 43.1 Å². The Labute approximate surface area is 87.3 Å². The lowest BCUT2D eigenvalue weighted by atomic mass is 9.96. The van der Waals surface area contributed by atoms with Crippen LogP contribution >= 0.6 is 0 Å². The zero-order valence-corrected chi connectivity index (χ0v) is 8.09. The summed E-state index contributed by atoms with van der Waals surface area (Å²) in [5.41, 5.74) is 6.38. The van der Waals surface area contributed by atoms with Crippen LogP contribution in [0.25, 0.3) is 0 Å². The lowest BCUT2D eigenvalue weighted by molar-refractivity contribution is 0.0999. The Morgan fingerprint density at radius 1 is 1.53 bits per heavy atom. The molecule has 1 amide bonds. The predicted octanol–water partition coefficient (Wildman–Crippen LogP) is 1.78. The highest BCUT2D eigenvalue weighted by Gasteiger charge is 2.30. The van der Waals surface area contributed by atoms with Gasteiger partial charge in [0.25, 0.3) is 0 Å². The molecule has 76 valence electrons. The first kappa shape index (κ1) is 9.72. The van der Waals surface area contributed by atoms with E-state index in [1.807, 2.05) is 0 Å². The molecule has 3 heteroatoms. The maximum Gasteiger partial charge on any atom is 0.249 e. The van der Waals surface area contributed by atoms with E-state index in [4.69, 9.17) is 12.2 Å². The van der Waals surface area contributed by atoms with Crippen molar-refractivity contribution in [2.75, 3.05) is 0 Å². The van der Waals surface area contributed by atoms with Crippen LogP contribution in [0.5, 0.6) is 0 Å². The molecule has 0 bridgehead atoms. The maximum absolute atomic E-state index is 13.4. The van der Waals surface area contributed by atoms with Gasteiger partial charge in [-0.2, -0.15) is 0 Å². The molecule has 2 N–H and O–H groups in total. The number of carbonyl (C=O) groups is 1. The Bertz CT molecular complexity index is 469. The molecule has 0 aliphatic heterocycles. The summed E-state index contributed by atoms with van der Waals surface area (Å²) in [7, 11) is 0. The maximum atomic E-state index is 13.4. The summed E-state index contributed by atoms with van der Waals surface area (Å²) >= 11 is 0. The minimum Gasteiger partial charge on any atom is -0.366 e. The molecule has 0 spiro atoms. The molecular weight excluding hydrogens is 193 g/mol. The van der Waals surface area contributed by atoms with Crippen molar-refractivity contribution in [2.24, 2.45) is 5.73 Å². The van der Waals surface area contributed by atoms with Crippen molar-refractivity contribution in [2.45, 2.75) is 18.8 Å². The third kappa shape index (κ3) is 1.59. The fourth-order valence-corrected chi connectivity index (χ4v) is 1.75. The van der Waals surface area contributed by atoms with Gasteiger partial charge >= 0.3 is 0 Å². The van der Waals surface area contributed by atoms with Gasteiger partial charge in [0, 0.05) is 5.56 Å².